The van der Waals surface area contributed by atoms with Gasteiger partial charge < -0.3 is 24.3 Å². The van der Waals surface area contributed by atoms with E-state index in [4.69, 9.17) is 18.9 Å². The van der Waals surface area contributed by atoms with Crippen molar-refractivity contribution in [2.24, 2.45) is 0 Å². The van der Waals surface area contributed by atoms with E-state index in [0.29, 0.717) is 18.0 Å². The fourth-order valence-corrected chi connectivity index (χ4v) is 2.61. The third-order valence-corrected chi connectivity index (χ3v) is 4.14. The molecule has 0 amide bonds. The van der Waals surface area contributed by atoms with E-state index in [1.165, 1.54) is 13.2 Å². The van der Waals surface area contributed by atoms with Crippen molar-refractivity contribution in [3.63, 3.8) is 0 Å². The summed E-state index contributed by atoms with van der Waals surface area (Å²) in [5.74, 6) is 1.60. The average Bonchev–Trinajstić information content (AvgIpc) is 2.69. The number of hydrogen-bond acceptors (Lipinski definition) is 5. The first-order valence-electron chi connectivity index (χ1n) is 8.59. The molecule has 0 bridgehead atoms. The number of ether oxygens (including phenoxy) is 4. The predicted molar refractivity (Wildman–Crippen MR) is 99.3 cm³/mol. The van der Waals surface area contributed by atoms with Crippen LogP contribution in [0.3, 0.4) is 0 Å². The number of hydrogen-bond donors (Lipinski definition) is 1. The van der Waals surface area contributed by atoms with Gasteiger partial charge in [-0.1, -0.05) is 12.1 Å². The number of rotatable bonds is 9. The molecule has 1 atom stereocenters. The minimum Gasteiger partial charge on any atom is -0.493 e. The van der Waals surface area contributed by atoms with Crippen LogP contribution in [-0.4, -0.2) is 34.1 Å². The lowest BCUT2D eigenvalue weighted by Crippen LogP contribution is -2.20. The Bertz CT molecular complexity index is 781. The summed E-state index contributed by atoms with van der Waals surface area (Å²) in [6.07, 6.45) is -4.40. The fraction of sp³-hybridized carbons (Fsp3) is 0.400. The van der Waals surface area contributed by atoms with Crippen LogP contribution in [-0.2, 0) is 6.54 Å². The molecule has 28 heavy (non-hydrogen) atoms. The maximum absolute atomic E-state index is 12.3. The molecule has 0 spiro atoms. The van der Waals surface area contributed by atoms with Gasteiger partial charge in [-0.15, -0.1) is 0 Å². The summed E-state index contributed by atoms with van der Waals surface area (Å²) in [5.41, 5.74) is 1.86. The molecule has 0 radical (unpaired) electrons. The second-order valence-corrected chi connectivity index (χ2v) is 6.11. The lowest BCUT2D eigenvalue weighted by Gasteiger charge is -2.17. The highest BCUT2D eigenvalue weighted by Gasteiger charge is 2.29. The Labute approximate surface area is 162 Å². The zero-order chi connectivity index (χ0) is 20.7. The van der Waals surface area contributed by atoms with E-state index in [-0.39, 0.29) is 17.5 Å². The molecule has 2 aromatic carbocycles. The van der Waals surface area contributed by atoms with E-state index in [2.05, 4.69) is 5.32 Å². The van der Waals surface area contributed by atoms with Crippen LogP contribution in [0.4, 0.5) is 13.2 Å². The van der Waals surface area contributed by atoms with Crippen LogP contribution < -0.4 is 24.3 Å². The van der Waals surface area contributed by atoms with Crippen LogP contribution in [0.25, 0.3) is 0 Å². The highest BCUT2D eigenvalue weighted by atomic mass is 19.4. The molecule has 5 nitrogen and oxygen atoms in total. The van der Waals surface area contributed by atoms with E-state index < -0.39 is 12.8 Å². The Morgan fingerprint density at radius 1 is 0.857 bits per heavy atom. The van der Waals surface area contributed by atoms with Gasteiger partial charge in [0.05, 0.1) is 21.3 Å². The molecule has 0 fully saturated rings. The average molecular weight is 399 g/mol. The van der Waals surface area contributed by atoms with Gasteiger partial charge in [0.1, 0.15) is 0 Å². The van der Waals surface area contributed by atoms with E-state index in [9.17, 15) is 13.2 Å². The quantitative estimate of drug-likeness (QED) is 0.673. The van der Waals surface area contributed by atoms with E-state index in [1.807, 2.05) is 25.1 Å². The molecule has 2 aromatic rings. The van der Waals surface area contributed by atoms with Crippen LogP contribution in [0.2, 0.25) is 0 Å². The zero-order valence-electron chi connectivity index (χ0n) is 16.2. The van der Waals surface area contributed by atoms with Crippen molar-refractivity contribution in [1.82, 2.24) is 5.32 Å². The molecule has 8 heteroatoms. The van der Waals surface area contributed by atoms with Crippen molar-refractivity contribution in [1.29, 1.82) is 0 Å². The topological polar surface area (TPSA) is 49.0 Å². The normalized spacial score (nSPS) is 12.4. The highest BCUT2D eigenvalue weighted by Crippen LogP contribution is 2.31. The number of methoxy groups -OCH3 is 3. The third kappa shape index (κ3) is 5.95. The summed E-state index contributed by atoms with van der Waals surface area (Å²) in [4.78, 5) is 0. The Balaban J connectivity index is 2.03. The van der Waals surface area contributed by atoms with Crippen molar-refractivity contribution in [3.8, 4) is 23.0 Å². The van der Waals surface area contributed by atoms with Crippen LogP contribution in [0.1, 0.15) is 24.1 Å². The molecule has 0 aliphatic heterocycles. The van der Waals surface area contributed by atoms with Crippen molar-refractivity contribution < 1.29 is 32.1 Å². The Hall–Kier alpha value is -2.61. The molecule has 0 aliphatic carbocycles. The predicted octanol–water partition coefficient (Wildman–Crippen LogP) is 4.50. The molecular formula is C20H24F3NO4. The SMILES string of the molecule is COc1ccc(C(C)NCc2ccc(OCC(F)(F)F)c(OC)c2)cc1OC. The lowest BCUT2D eigenvalue weighted by molar-refractivity contribution is -0.153. The first-order chi connectivity index (χ1) is 13.3. The van der Waals surface area contributed by atoms with Crippen molar-refractivity contribution >= 4 is 0 Å². The van der Waals surface area contributed by atoms with Gasteiger partial charge in [0.25, 0.3) is 0 Å². The number of nitrogens with one attached hydrogen (secondary N) is 1. The van der Waals surface area contributed by atoms with Crippen LogP contribution in [0.5, 0.6) is 23.0 Å². The van der Waals surface area contributed by atoms with E-state index in [0.717, 1.165) is 11.1 Å². The lowest BCUT2D eigenvalue weighted by atomic mass is 10.1. The summed E-state index contributed by atoms with van der Waals surface area (Å²) < 4.78 is 57.5. The minimum atomic E-state index is -4.40. The third-order valence-electron chi connectivity index (χ3n) is 4.14. The maximum Gasteiger partial charge on any atom is 0.422 e. The molecule has 0 aromatic heterocycles. The Kier molecular flexibility index (Phi) is 7.39. The standard InChI is InChI=1S/C20H24F3NO4/c1-13(15-6-8-16(25-2)19(10-15)27-4)24-11-14-5-7-17(18(9-14)26-3)28-12-20(21,22)23/h5-10,13,24H,11-12H2,1-4H3. The van der Waals surface area contributed by atoms with Crippen LogP contribution in [0.15, 0.2) is 36.4 Å². The number of alkyl halides is 3. The molecule has 1 N–H and O–H groups in total. The summed E-state index contributed by atoms with van der Waals surface area (Å²) in [6, 6.07) is 10.5. The molecule has 0 aliphatic rings. The Morgan fingerprint density at radius 3 is 2.07 bits per heavy atom. The van der Waals surface area contributed by atoms with E-state index >= 15 is 0 Å². The first kappa shape index (κ1) is 21.7. The fourth-order valence-electron chi connectivity index (χ4n) is 2.61. The van der Waals surface area contributed by atoms with Gasteiger partial charge in [-0.3, -0.25) is 0 Å². The zero-order valence-corrected chi connectivity index (χ0v) is 16.2. The second kappa shape index (κ2) is 9.54. The molecule has 1 unspecified atom stereocenters. The minimum absolute atomic E-state index is 0.00644. The van der Waals surface area contributed by atoms with Gasteiger partial charge in [-0.05, 0) is 42.3 Å². The van der Waals surface area contributed by atoms with Crippen molar-refractivity contribution in [3.05, 3.63) is 47.5 Å². The largest absolute Gasteiger partial charge is 0.493 e. The molecular weight excluding hydrogens is 375 g/mol. The molecule has 0 saturated carbocycles. The van der Waals surface area contributed by atoms with Gasteiger partial charge >= 0.3 is 6.18 Å². The van der Waals surface area contributed by atoms with Gasteiger partial charge in [-0.25, -0.2) is 0 Å². The van der Waals surface area contributed by atoms with Gasteiger partial charge in [0.15, 0.2) is 29.6 Å². The molecule has 0 heterocycles. The maximum atomic E-state index is 12.3. The van der Waals surface area contributed by atoms with Gasteiger partial charge in [-0.2, -0.15) is 13.2 Å². The molecule has 2 rings (SSSR count). The summed E-state index contributed by atoms with van der Waals surface area (Å²) in [5, 5.41) is 3.36. The Morgan fingerprint density at radius 2 is 1.46 bits per heavy atom. The highest BCUT2D eigenvalue weighted by molar-refractivity contribution is 5.44. The van der Waals surface area contributed by atoms with Crippen molar-refractivity contribution in [2.45, 2.75) is 25.7 Å². The summed E-state index contributed by atoms with van der Waals surface area (Å²) in [7, 11) is 4.54. The van der Waals surface area contributed by atoms with Gasteiger partial charge in [0.2, 0.25) is 0 Å². The number of benzene rings is 2. The van der Waals surface area contributed by atoms with Crippen molar-refractivity contribution in [2.75, 3.05) is 27.9 Å². The molecule has 0 saturated heterocycles. The molecule has 154 valence electrons. The first-order valence-corrected chi connectivity index (χ1v) is 8.59. The monoisotopic (exact) mass is 399 g/mol. The second-order valence-electron chi connectivity index (χ2n) is 6.11. The summed E-state index contributed by atoms with van der Waals surface area (Å²) in [6.45, 7) is 1.13. The number of halogens is 3. The van der Waals surface area contributed by atoms with Gasteiger partial charge in [0, 0.05) is 12.6 Å². The smallest absolute Gasteiger partial charge is 0.422 e. The summed E-state index contributed by atoms with van der Waals surface area (Å²) >= 11 is 0. The van der Waals surface area contributed by atoms with Crippen LogP contribution in [0, 0.1) is 0 Å². The van der Waals surface area contributed by atoms with E-state index in [1.54, 1.807) is 26.4 Å². The van der Waals surface area contributed by atoms with Crippen LogP contribution >= 0.6 is 0 Å².